The van der Waals surface area contributed by atoms with E-state index < -0.39 is 0 Å². The third-order valence-electron chi connectivity index (χ3n) is 4.76. The second-order valence-electron chi connectivity index (χ2n) is 6.31. The number of aromatic amines is 1. The Hall–Kier alpha value is -1.76. The normalized spacial score (nSPS) is 23.0. The summed E-state index contributed by atoms with van der Waals surface area (Å²) in [5.74, 6) is 1.73. The zero-order valence-corrected chi connectivity index (χ0v) is 12.8. The van der Waals surface area contributed by atoms with Gasteiger partial charge in [0.15, 0.2) is 5.82 Å². The summed E-state index contributed by atoms with van der Waals surface area (Å²) in [6.07, 6.45) is 2.56. The molecule has 22 heavy (non-hydrogen) atoms. The lowest BCUT2D eigenvalue weighted by Crippen LogP contribution is -2.54. The van der Waals surface area contributed by atoms with Gasteiger partial charge in [0.05, 0.1) is 13.2 Å². The maximum absolute atomic E-state index is 12.5. The minimum absolute atomic E-state index is 0.156. The molecule has 0 bridgehead atoms. The van der Waals surface area contributed by atoms with E-state index >= 15 is 0 Å². The quantitative estimate of drug-likeness (QED) is 0.880. The lowest BCUT2D eigenvalue weighted by atomic mass is 10.2. The SMILES string of the molecule is O=C(N1CCOCC1)N1CCN(c2cc(C3CC3)[nH]n2)CC1. The van der Waals surface area contributed by atoms with E-state index in [1.54, 1.807) is 0 Å². The molecule has 1 aliphatic carbocycles. The van der Waals surface area contributed by atoms with Crippen LogP contribution in [0.4, 0.5) is 10.6 Å². The van der Waals surface area contributed by atoms with Gasteiger partial charge in [0.1, 0.15) is 0 Å². The number of H-pyrrole nitrogens is 1. The first kappa shape index (κ1) is 13.9. The van der Waals surface area contributed by atoms with Gasteiger partial charge in [-0.3, -0.25) is 5.10 Å². The van der Waals surface area contributed by atoms with E-state index in [9.17, 15) is 4.79 Å². The highest BCUT2D eigenvalue weighted by Crippen LogP contribution is 2.39. The first-order valence-electron chi connectivity index (χ1n) is 8.23. The maximum Gasteiger partial charge on any atom is 0.320 e. The van der Waals surface area contributed by atoms with Crippen molar-refractivity contribution in [1.29, 1.82) is 0 Å². The Kier molecular flexibility index (Phi) is 3.65. The summed E-state index contributed by atoms with van der Waals surface area (Å²) < 4.78 is 5.31. The van der Waals surface area contributed by atoms with Gasteiger partial charge < -0.3 is 19.4 Å². The number of amides is 2. The van der Waals surface area contributed by atoms with Crippen molar-refractivity contribution in [3.8, 4) is 0 Å². The summed E-state index contributed by atoms with van der Waals surface area (Å²) in [6.45, 7) is 5.97. The van der Waals surface area contributed by atoms with Gasteiger partial charge in [0.2, 0.25) is 0 Å². The minimum atomic E-state index is 0.156. The fraction of sp³-hybridized carbons (Fsp3) is 0.733. The van der Waals surface area contributed by atoms with Crippen molar-refractivity contribution in [2.45, 2.75) is 18.8 Å². The van der Waals surface area contributed by atoms with E-state index in [0.717, 1.165) is 32.0 Å². The van der Waals surface area contributed by atoms with Crippen LogP contribution in [0.2, 0.25) is 0 Å². The van der Waals surface area contributed by atoms with E-state index in [1.165, 1.54) is 18.5 Å². The Bertz CT molecular complexity index is 528. The summed E-state index contributed by atoms with van der Waals surface area (Å²) in [7, 11) is 0. The molecule has 120 valence electrons. The van der Waals surface area contributed by atoms with Crippen LogP contribution in [-0.2, 0) is 4.74 Å². The number of aromatic nitrogens is 2. The number of hydrogen-bond acceptors (Lipinski definition) is 4. The van der Waals surface area contributed by atoms with Crippen molar-refractivity contribution in [3.05, 3.63) is 11.8 Å². The fourth-order valence-corrected chi connectivity index (χ4v) is 3.17. The highest BCUT2D eigenvalue weighted by molar-refractivity contribution is 5.75. The van der Waals surface area contributed by atoms with Crippen LogP contribution in [0.3, 0.4) is 0 Å². The van der Waals surface area contributed by atoms with E-state index in [-0.39, 0.29) is 6.03 Å². The molecule has 1 aromatic rings. The van der Waals surface area contributed by atoms with Gasteiger partial charge in [-0.25, -0.2) is 4.79 Å². The number of nitrogens with zero attached hydrogens (tertiary/aromatic N) is 4. The number of rotatable bonds is 2. The number of piperazine rings is 1. The summed E-state index contributed by atoms with van der Waals surface area (Å²) >= 11 is 0. The van der Waals surface area contributed by atoms with Crippen LogP contribution in [0, 0.1) is 0 Å². The molecule has 2 saturated heterocycles. The van der Waals surface area contributed by atoms with Gasteiger partial charge in [-0.15, -0.1) is 0 Å². The third-order valence-corrected chi connectivity index (χ3v) is 4.76. The van der Waals surface area contributed by atoms with Crippen LogP contribution in [0.15, 0.2) is 6.07 Å². The van der Waals surface area contributed by atoms with Crippen LogP contribution < -0.4 is 4.90 Å². The Morgan fingerprint density at radius 3 is 2.45 bits per heavy atom. The fourth-order valence-electron chi connectivity index (χ4n) is 3.17. The van der Waals surface area contributed by atoms with Crippen molar-refractivity contribution in [2.75, 3.05) is 57.4 Å². The molecule has 0 radical (unpaired) electrons. The predicted molar refractivity (Wildman–Crippen MR) is 82.1 cm³/mol. The van der Waals surface area contributed by atoms with Crippen LogP contribution in [-0.4, -0.2) is 78.5 Å². The molecule has 2 aliphatic heterocycles. The highest BCUT2D eigenvalue weighted by Gasteiger charge is 2.29. The molecule has 3 heterocycles. The number of carbonyl (C=O) groups excluding carboxylic acids is 1. The number of anilines is 1. The van der Waals surface area contributed by atoms with Crippen molar-refractivity contribution in [2.24, 2.45) is 0 Å². The zero-order chi connectivity index (χ0) is 14.9. The maximum atomic E-state index is 12.5. The van der Waals surface area contributed by atoms with Gasteiger partial charge in [0, 0.05) is 56.9 Å². The Morgan fingerprint density at radius 2 is 1.77 bits per heavy atom. The molecule has 0 unspecified atom stereocenters. The molecule has 4 rings (SSSR count). The number of ether oxygens (including phenoxy) is 1. The number of morpholine rings is 1. The molecule has 1 aromatic heterocycles. The van der Waals surface area contributed by atoms with E-state index in [0.29, 0.717) is 32.2 Å². The molecule has 3 aliphatic rings. The molecule has 0 atom stereocenters. The topological polar surface area (TPSA) is 64.7 Å². The molecule has 3 fully saturated rings. The zero-order valence-electron chi connectivity index (χ0n) is 12.8. The van der Waals surface area contributed by atoms with Crippen molar-refractivity contribution >= 4 is 11.8 Å². The Morgan fingerprint density at radius 1 is 1.09 bits per heavy atom. The first-order valence-corrected chi connectivity index (χ1v) is 8.23. The van der Waals surface area contributed by atoms with Crippen molar-refractivity contribution in [1.82, 2.24) is 20.0 Å². The van der Waals surface area contributed by atoms with Crippen molar-refractivity contribution < 1.29 is 9.53 Å². The van der Waals surface area contributed by atoms with Crippen molar-refractivity contribution in [3.63, 3.8) is 0 Å². The second kappa shape index (κ2) is 5.79. The molecule has 1 N–H and O–H groups in total. The van der Waals surface area contributed by atoms with E-state index in [1.807, 2.05) is 9.80 Å². The molecule has 0 spiro atoms. The Balaban J connectivity index is 1.32. The standard InChI is InChI=1S/C15H23N5O2/c21-15(20-7-9-22-10-8-20)19-5-3-18(4-6-19)14-11-13(16-17-14)12-1-2-12/h11-12H,1-10H2,(H,16,17). The Labute approximate surface area is 130 Å². The van der Waals surface area contributed by atoms with Crippen LogP contribution in [0.1, 0.15) is 24.5 Å². The first-order chi connectivity index (χ1) is 10.8. The molecular weight excluding hydrogens is 282 g/mol. The van der Waals surface area contributed by atoms with Gasteiger partial charge in [-0.1, -0.05) is 0 Å². The van der Waals surface area contributed by atoms with E-state index in [2.05, 4.69) is 21.2 Å². The molecular formula is C15H23N5O2. The molecule has 2 amide bonds. The number of nitrogens with one attached hydrogen (secondary N) is 1. The van der Waals surface area contributed by atoms with Crippen LogP contribution in [0.5, 0.6) is 0 Å². The van der Waals surface area contributed by atoms with Crippen LogP contribution >= 0.6 is 0 Å². The second-order valence-corrected chi connectivity index (χ2v) is 6.31. The average Bonchev–Trinajstić information content (AvgIpc) is 3.32. The smallest absolute Gasteiger partial charge is 0.320 e. The largest absolute Gasteiger partial charge is 0.378 e. The van der Waals surface area contributed by atoms with E-state index in [4.69, 9.17) is 4.74 Å². The number of hydrogen-bond donors (Lipinski definition) is 1. The van der Waals surface area contributed by atoms with Gasteiger partial charge in [-0.2, -0.15) is 5.10 Å². The number of urea groups is 1. The average molecular weight is 305 g/mol. The number of carbonyl (C=O) groups is 1. The van der Waals surface area contributed by atoms with Gasteiger partial charge in [-0.05, 0) is 12.8 Å². The molecule has 7 nitrogen and oxygen atoms in total. The summed E-state index contributed by atoms with van der Waals surface area (Å²) in [5, 5.41) is 7.59. The summed E-state index contributed by atoms with van der Waals surface area (Å²) in [5.41, 5.74) is 1.27. The predicted octanol–water partition coefficient (Wildman–Crippen LogP) is 0.861. The van der Waals surface area contributed by atoms with Gasteiger partial charge >= 0.3 is 6.03 Å². The molecule has 7 heteroatoms. The molecule has 1 saturated carbocycles. The lowest BCUT2D eigenvalue weighted by Gasteiger charge is -2.38. The minimum Gasteiger partial charge on any atom is -0.378 e. The monoisotopic (exact) mass is 305 g/mol. The highest BCUT2D eigenvalue weighted by atomic mass is 16.5. The van der Waals surface area contributed by atoms with Crippen LogP contribution in [0.25, 0.3) is 0 Å². The lowest BCUT2D eigenvalue weighted by molar-refractivity contribution is 0.0428. The van der Waals surface area contributed by atoms with Gasteiger partial charge in [0.25, 0.3) is 0 Å². The summed E-state index contributed by atoms with van der Waals surface area (Å²) in [6, 6.07) is 2.33. The molecule has 0 aromatic carbocycles. The summed E-state index contributed by atoms with van der Waals surface area (Å²) in [4.78, 5) is 18.6. The third kappa shape index (κ3) is 2.77.